The topological polar surface area (TPSA) is 41.5 Å². The highest BCUT2D eigenvalue weighted by Crippen LogP contribution is 2.22. The normalized spacial score (nSPS) is 13.0. The number of benzene rings is 1. The molecule has 1 unspecified atom stereocenters. The Hall–Kier alpha value is -1.06. The van der Waals surface area contributed by atoms with E-state index in [-0.39, 0.29) is 12.1 Å². The summed E-state index contributed by atoms with van der Waals surface area (Å²) in [5.74, 6) is 0.340. The maximum Gasteiger partial charge on any atom is 0.120 e. The summed E-state index contributed by atoms with van der Waals surface area (Å²) < 4.78 is 5.43. The molecule has 3 nitrogen and oxygen atoms in total. The highest BCUT2D eigenvalue weighted by molar-refractivity contribution is 5.33. The molecule has 0 aliphatic heterocycles. The molecular weight excluding hydrogens is 202 g/mol. The van der Waals surface area contributed by atoms with Crippen molar-refractivity contribution in [2.45, 2.75) is 32.9 Å². The molecule has 1 atom stereocenters. The molecule has 0 aliphatic carbocycles. The van der Waals surface area contributed by atoms with E-state index >= 15 is 0 Å². The first-order valence-corrected chi connectivity index (χ1v) is 5.74. The lowest BCUT2D eigenvalue weighted by Crippen LogP contribution is -2.24. The number of aromatic hydroxyl groups is 1. The molecule has 0 amide bonds. The Kier molecular flexibility index (Phi) is 5.29. The zero-order valence-corrected chi connectivity index (χ0v) is 10.2. The zero-order chi connectivity index (χ0) is 12.0. The van der Waals surface area contributed by atoms with Crippen LogP contribution in [0.15, 0.2) is 24.3 Å². The van der Waals surface area contributed by atoms with E-state index in [0.717, 1.165) is 12.1 Å². The molecule has 1 rings (SSSR count). The van der Waals surface area contributed by atoms with Crippen molar-refractivity contribution < 1.29 is 9.84 Å². The number of phenols is 1. The van der Waals surface area contributed by atoms with E-state index in [2.05, 4.69) is 5.32 Å². The molecule has 3 heteroatoms. The van der Waals surface area contributed by atoms with Gasteiger partial charge in [0.1, 0.15) is 5.75 Å². The van der Waals surface area contributed by atoms with E-state index in [4.69, 9.17) is 4.74 Å². The lowest BCUT2D eigenvalue weighted by atomic mass is 10.1. The zero-order valence-electron chi connectivity index (χ0n) is 10.2. The van der Waals surface area contributed by atoms with E-state index in [1.54, 1.807) is 6.07 Å². The molecule has 2 N–H and O–H groups in total. The van der Waals surface area contributed by atoms with Crippen LogP contribution in [0.2, 0.25) is 0 Å². The number of hydrogen-bond donors (Lipinski definition) is 2. The minimum atomic E-state index is 0.136. The van der Waals surface area contributed by atoms with Crippen LogP contribution in [0, 0.1) is 0 Å². The Morgan fingerprint density at radius 1 is 1.25 bits per heavy atom. The Bertz CT molecular complexity index is 313. The maximum absolute atomic E-state index is 9.65. The van der Waals surface area contributed by atoms with Gasteiger partial charge in [-0.1, -0.05) is 18.2 Å². The van der Waals surface area contributed by atoms with Gasteiger partial charge in [-0.15, -0.1) is 0 Å². The molecule has 0 heterocycles. The summed E-state index contributed by atoms with van der Waals surface area (Å²) in [5, 5.41) is 13.0. The van der Waals surface area contributed by atoms with Gasteiger partial charge in [0.05, 0.1) is 12.7 Å². The van der Waals surface area contributed by atoms with Crippen molar-refractivity contribution in [1.82, 2.24) is 5.32 Å². The third-order valence-electron chi connectivity index (χ3n) is 2.41. The fourth-order valence-corrected chi connectivity index (χ4v) is 1.53. The Morgan fingerprint density at radius 2 is 1.94 bits per heavy atom. The molecule has 0 aliphatic rings. The van der Waals surface area contributed by atoms with Crippen molar-refractivity contribution in [3.05, 3.63) is 29.8 Å². The number of para-hydroxylation sites is 1. The average molecular weight is 223 g/mol. The number of hydrogen-bond acceptors (Lipinski definition) is 3. The van der Waals surface area contributed by atoms with Gasteiger partial charge in [0, 0.05) is 18.2 Å². The smallest absolute Gasteiger partial charge is 0.120 e. The van der Waals surface area contributed by atoms with Gasteiger partial charge in [0.25, 0.3) is 0 Å². The van der Waals surface area contributed by atoms with Crippen molar-refractivity contribution in [3.63, 3.8) is 0 Å². The van der Waals surface area contributed by atoms with Gasteiger partial charge in [-0.05, 0) is 26.8 Å². The summed E-state index contributed by atoms with van der Waals surface area (Å²) >= 11 is 0. The molecule has 0 saturated heterocycles. The summed E-state index contributed by atoms with van der Waals surface area (Å²) in [7, 11) is 0. The van der Waals surface area contributed by atoms with Crippen LogP contribution in [0.1, 0.15) is 32.4 Å². The van der Waals surface area contributed by atoms with Crippen LogP contribution in [0.25, 0.3) is 0 Å². The van der Waals surface area contributed by atoms with Crippen LogP contribution >= 0.6 is 0 Å². The number of ether oxygens (including phenoxy) is 1. The second kappa shape index (κ2) is 6.51. The Labute approximate surface area is 97.4 Å². The first kappa shape index (κ1) is 13.0. The summed E-state index contributed by atoms with van der Waals surface area (Å²) in [6, 6.07) is 7.52. The summed E-state index contributed by atoms with van der Waals surface area (Å²) in [5.41, 5.74) is 0.923. The highest BCUT2D eigenvalue weighted by Gasteiger charge is 2.08. The molecule has 0 bridgehead atoms. The standard InChI is InChI=1S/C13H21NO2/c1-10(2)16-9-8-14-11(3)12-6-4-5-7-13(12)15/h4-7,10-11,14-15H,8-9H2,1-3H3. The van der Waals surface area contributed by atoms with E-state index in [1.807, 2.05) is 39.0 Å². The fraction of sp³-hybridized carbons (Fsp3) is 0.538. The third kappa shape index (κ3) is 4.21. The SMILES string of the molecule is CC(C)OCCNC(C)c1ccccc1O. The van der Waals surface area contributed by atoms with E-state index in [1.165, 1.54) is 0 Å². The van der Waals surface area contributed by atoms with Crippen molar-refractivity contribution in [3.8, 4) is 5.75 Å². The molecule has 90 valence electrons. The quantitative estimate of drug-likeness (QED) is 0.728. The molecule has 0 spiro atoms. The second-order valence-corrected chi connectivity index (χ2v) is 4.15. The van der Waals surface area contributed by atoms with Crippen molar-refractivity contribution >= 4 is 0 Å². The van der Waals surface area contributed by atoms with Gasteiger partial charge in [-0.25, -0.2) is 0 Å². The van der Waals surface area contributed by atoms with Crippen LogP contribution in [0.3, 0.4) is 0 Å². The molecule has 16 heavy (non-hydrogen) atoms. The minimum absolute atomic E-state index is 0.136. The average Bonchev–Trinajstić information content (AvgIpc) is 2.24. The lowest BCUT2D eigenvalue weighted by molar-refractivity contribution is 0.0796. The summed E-state index contributed by atoms with van der Waals surface area (Å²) in [6.07, 6.45) is 0.266. The van der Waals surface area contributed by atoms with Crippen LogP contribution < -0.4 is 5.32 Å². The van der Waals surface area contributed by atoms with Crippen LogP contribution in [-0.4, -0.2) is 24.4 Å². The van der Waals surface area contributed by atoms with Crippen LogP contribution in [0.5, 0.6) is 5.75 Å². The minimum Gasteiger partial charge on any atom is -0.508 e. The number of phenolic OH excluding ortho intramolecular Hbond substituents is 1. The molecule has 0 aromatic heterocycles. The Balaban J connectivity index is 2.35. The first-order chi connectivity index (χ1) is 7.61. The Morgan fingerprint density at radius 3 is 2.56 bits per heavy atom. The molecule has 1 aromatic carbocycles. The molecule has 0 fully saturated rings. The summed E-state index contributed by atoms with van der Waals surface area (Å²) in [4.78, 5) is 0. The van der Waals surface area contributed by atoms with Gasteiger partial charge in [0.2, 0.25) is 0 Å². The van der Waals surface area contributed by atoms with Gasteiger partial charge in [-0.2, -0.15) is 0 Å². The monoisotopic (exact) mass is 223 g/mol. The predicted molar refractivity (Wildman–Crippen MR) is 65.6 cm³/mol. The third-order valence-corrected chi connectivity index (χ3v) is 2.41. The van der Waals surface area contributed by atoms with Crippen molar-refractivity contribution in [2.24, 2.45) is 0 Å². The van der Waals surface area contributed by atoms with Gasteiger partial charge in [0.15, 0.2) is 0 Å². The van der Waals surface area contributed by atoms with E-state index < -0.39 is 0 Å². The second-order valence-electron chi connectivity index (χ2n) is 4.15. The first-order valence-electron chi connectivity index (χ1n) is 5.74. The number of rotatable bonds is 6. The molecule has 0 radical (unpaired) electrons. The predicted octanol–water partition coefficient (Wildman–Crippen LogP) is 2.47. The van der Waals surface area contributed by atoms with Gasteiger partial charge < -0.3 is 15.2 Å². The highest BCUT2D eigenvalue weighted by atomic mass is 16.5. The molecule has 0 saturated carbocycles. The van der Waals surface area contributed by atoms with Gasteiger partial charge >= 0.3 is 0 Å². The maximum atomic E-state index is 9.65. The van der Waals surface area contributed by atoms with E-state index in [0.29, 0.717) is 12.4 Å². The van der Waals surface area contributed by atoms with E-state index in [9.17, 15) is 5.11 Å². The lowest BCUT2D eigenvalue weighted by Gasteiger charge is -2.16. The largest absolute Gasteiger partial charge is 0.508 e. The molecular formula is C13H21NO2. The van der Waals surface area contributed by atoms with Gasteiger partial charge in [-0.3, -0.25) is 0 Å². The van der Waals surface area contributed by atoms with Crippen LogP contribution in [-0.2, 0) is 4.74 Å². The fourth-order valence-electron chi connectivity index (χ4n) is 1.53. The van der Waals surface area contributed by atoms with Crippen molar-refractivity contribution in [1.29, 1.82) is 0 Å². The summed E-state index contributed by atoms with van der Waals surface area (Å²) in [6.45, 7) is 7.55. The number of nitrogens with one attached hydrogen (secondary N) is 1. The van der Waals surface area contributed by atoms with Crippen molar-refractivity contribution in [2.75, 3.05) is 13.2 Å². The molecule has 1 aromatic rings. The van der Waals surface area contributed by atoms with Crippen LogP contribution in [0.4, 0.5) is 0 Å².